The number of hydrogen-bond donors (Lipinski definition) is 1. The van der Waals surface area contributed by atoms with Gasteiger partial charge >= 0.3 is 0 Å². The normalized spacial score (nSPS) is 11.2. The van der Waals surface area contributed by atoms with E-state index in [1.54, 1.807) is 24.7 Å². The SMILES string of the molecule is Cn1cncc1-c1nc2cc(Cl)c(Cl)cc2[nH]1. The quantitative estimate of drug-likeness (QED) is 0.735. The van der Waals surface area contributed by atoms with Crippen molar-refractivity contribution in [3.8, 4) is 11.5 Å². The van der Waals surface area contributed by atoms with Crippen LogP contribution in [-0.4, -0.2) is 19.5 Å². The van der Waals surface area contributed by atoms with E-state index in [9.17, 15) is 0 Å². The lowest BCUT2D eigenvalue weighted by atomic mass is 10.3. The highest BCUT2D eigenvalue weighted by atomic mass is 35.5. The Morgan fingerprint density at radius 3 is 2.71 bits per heavy atom. The highest BCUT2D eigenvalue weighted by Crippen LogP contribution is 2.28. The molecule has 0 radical (unpaired) electrons. The average molecular weight is 267 g/mol. The van der Waals surface area contributed by atoms with Crippen LogP contribution in [-0.2, 0) is 7.05 Å². The summed E-state index contributed by atoms with van der Waals surface area (Å²) in [6.45, 7) is 0. The van der Waals surface area contributed by atoms with Crippen LogP contribution in [0.5, 0.6) is 0 Å². The van der Waals surface area contributed by atoms with Gasteiger partial charge in [0, 0.05) is 7.05 Å². The number of nitrogens with zero attached hydrogens (tertiary/aromatic N) is 3. The predicted molar refractivity (Wildman–Crippen MR) is 68.3 cm³/mol. The van der Waals surface area contributed by atoms with Crippen molar-refractivity contribution in [2.75, 3.05) is 0 Å². The van der Waals surface area contributed by atoms with E-state index < -0.39 is 0 Å². The molecule has 3 rings (SSSR count). The summed E-state index contributed by atoms with van der Waals surface area (Å²) in [5.74, 6) is 0.748. The molecule has 0 bridgehead atoms. The lowest BCUT2D eigenvalue weighted by molar-refractivity contribution is 0.913. The molecule has 0 atom stereocenters. The van der Waals surface area contributed by atoms with Gasteiger partial charge in [-0.05, 0) is 12.1 Å². The minimum atomic E-state index is 0.502. The number of rotatable bonds is 1. The molecule has 0 saturated heterocycles. The zero-order chi connectivity index (χ0) is 12.0. The number of halogens is 2. The molecule has 0 spiro atoms. The summed E-state index contributed by atoms with van der Waals surface area (Å²) in [4.78, 5) is 11.7. The van der Waals surface area contributed by atoms with Crippen molar-refractivity contribution in [2.45, 2.75) is 0 Å². The molecule has 2 aromatic heterocycles. The zero-order valence-corrected chi connectivity index (χ0v) is 10.4. The first-order valence-electron chi connectivity index (χ1n) is 4.96. The molecule has 1 N–H and O–H groups in total. The fourth-order valence-corrected chi connectivity index (χ4v) is 2.03. The Morgan fingerprint density at radius 2 is 2.00 bits per heavy atom. The van der Waals surface area contributed by atoms with Crippen LogP contribution in [0, 0.1) is 0 Å². The number of aromatic amines is 1. The van der Waals surface area contributed by atoms with Crippen molar-refractivity contribution in [2.24, 2.45) is 7.05 Å². The molecule has 0 fully saturated rings. The monoisotopic (exact) mass is 266 g/mol. The Morgan fingerprint density at radius 1 is 1.24 bits per heavy atom. The molecule has 0 amide bonds. The number of fused-ring (bicyclic) bond motifs is 1. The number of aryl methyl sites for hydroxylation is 1. The Labute approximate surface area is 107 Å². The van der Waals surface area contributed by atoms with E-state index in [1.807, 2.05) is 11.6 Å². The Bertz CT molecular complexity index is 660. The van der Waals surface area contributed by atoms with E-state index >= 15 is 0 Å². The fraction of sp³-hybridized carbons (Fsp3) is 0.0909. The molecule has 17 heavy (non-hydrogen) atoms. The Kier molecular flexibility index (Phi) is 2.34. The van der Waals surface area contributed by atoms with E-state index in [4.69, 9.17) is 23.2 Å². The van der Waals surface area contributed by atoms with E-state index in [1.165, 1.54) is 0 Å². The Balaban J connectivity index is 2.24. The molecule has 2 heterocycles. The third kappa shape index (κ3) is 1.69. The van der Waals surface area contributed by atoms with Gasteiger partial charge in [-0.2, -0.15) is 0 Å². The van der Waals surface area contributed by atoms with Crippen LogP contribution >= 0.6 is 23.2 Å². The van der Waals surface area contributed by atoms with Crippen molar-refractivity contribution in [3.05, 3.63) is 34.7 Å². The number of aromatic nitrogens is 4. The lowest BCUT2D eigenvalue weighted by Gasteiger charge is -1.95. The highest BCUT2D eigenvalue weighted by molar-refractivity contribution is 6.42. The number of hydrogen-bond acceptors (Lipinski definition) is 2. The molecule has 1 aromatic carbocycles. The van der Waals surface area contributed by atoms with Crippen molar-refractivity contribution in [1.29, 1.82) is 0 Å². The van der Waals surface area contributed by atoms with Gasteiger partial charge in [-0.25, -0.2) is 9.97 Å². The first kappa shape index (κ1) is 10.6. The maximum Gasteiger partial charge on any atom is 0.156 e. The molecule has 0 aliphatic carbocycles. The molecule has 0 saturated carbocycles. The van der Waals surface area contributed by atoms with Gasteiger partial charge in [-0.15, -0.1) is 0 Å². The average Bonchev–Trinajstić information content (AvgIpc) is 2.85. The number of H-pyrrole nitrogens is 1. The van der Waals surface area contributed by atoms with E-state index in [-0.39, 0.29) is 0 Å². The lowest BCUT2D eigenvalue weighted by Crippen LogP contribution is -1.90. The summed E-state index contributed by atoms with van der Waals surface area (Å²) in [6, 6.07) is 3.52. The second-order valence-electron chi connectivity index (χ2n) is 3.76. The molecular formula is C11H8Cl2N4. The van der Waals surface area contributed by atoms with E-state index in [2.05, 4.69) is 15.0 Å². The predicted octanol–water partition coefficient (Wildman–Crippen LogP) is 3.27. The minimum absolute atomic E-state index is 0.502. The maximum atomic E-state index is 5.96. The van der Waals surface area contributed by atoms with Crippen LogP contribution in [0.15, 0.2) is 24.7 Å². The minimum Gasteiger partial charge on any atom is -0.337 e. The number of benzene rings is 1. The molecule has 0 aliphatic rings. The van der Waals surface area contributed by atoms with Crippen molar-refractivity contribution in [1.82, 2.24) is 19.5 Å². The molecule has 0 unspecified atom stereocenters. The molecule has 6 heteroatoms. The van der Waals surface area contributed by atoms with Crippen LogP contribution in [0.3, 0.4) is 0 Å². The first-order chi connectivity index (χ1) is 8.15. The molecular weight excluding hydrogens is 259 g/mol. The maximum absolute atomic E-state index is 5.96. The van der Waals surface area contributed by atoms with Crippen LogP contribution in [0.25, 0.3) is 22.6 Å². The first-order valence-corrected chi connectivity index (χ1v) is 5.72. The summed E-state index contributed by atoms with van der Waals surface area (Å²) < 4.78 is 1.89. The van der Waals surface area contributed by atoms with Gasteiger partial charge in [-0.1, -0.05) is 23.2 Å². The van der Waals surface area contributed by atoms with Gasteiger partial charge in [0.05, 0.1) is 33.6 Å². The molecule has 86 valence electrons. The van der Waals surface area contributed by atoms with Gasteiger partial charge in [-0.3, -0.25) is 0 Å². The van der Waals surface area contributed by atoms with Crippen molar-refractivity contribution in [3.63, 3.8) is 0 Å². The second kappa shape index (κ2) is 3.75. The standard InChI is InChI=1S/C11H8Cl2N4/c1-17-5-14-4-10(17)11-15-8-2-6(12)7(13)3-9(8)16-11/h2-5H,1H3,(H,15,16). The van der Waals surface area contributed by atoms with Gasteiger partial charge in [0.1, 0.15) is 5.69 Å². The van der Waals surface area contributed by atoms with E-state index in [0.717, 1.165) is 22.6 Å². The Hall–Kier alpha value is -1.52. The summed E-state index contributed by atoms with van der Waals surface area (Å²) in [7, 11) is 1.91. The van der Waals surface area contributed by atoms with Crippen LogP contribution in [0.4, 0.5) is 0 Å². The van der Waals surface area contributed by atoms with Gasteiger partial charge in [0.25, 0.3) is 0 Å². The highest BCUT2D eigenvalue weighted by Gasteiger charge is 2.10. The zero-order valence-electron chi connectivity index (χ0n) is 8.91. The number of nitrogens with one attached hydrogen (secondary N) is 1. The summed E-state index contributed by atoms with van der Waals surface area (Å²) in [5, 5.41) is 1.02. The van der Waals surface area contributed by atoms with Crippen LogP contribution in [0.2, 0.25) is 10.0 Å². The summed E-state index contributed by atoms with van der Waals surface area (Å²) >= 11 is 11.9. The molecule has 3 aromatic rings. The van der Waals surface area contributed by atoms with Crippen LogP contribution in [0.1, 0.15) is 0 Å². The number of imidazole rings is 2. The molecule has 4 nitrogen and oxygen atoms in total. The van der Waals surface area contributed by atoms with Crippen molar-refractivity contribution >= 4 is 34.2 Å². The smallest absolute Gasteiger partial charge is 0.156 e. The van der Waals surface area contributed by atoms with E-state index in [0.29, 0.717) is 10.0 Å². The van der Waals surface area contributed by atoms with Crippen molar-refractivity contribution < 1.29 is 0 Å². The second-order valence-corrected chi connectivity index (χ2v) is 4.57. The third-order valence-corrected chi connectivity index (χ3v) is 3.31. The van der Waals surface area contributed by atoms with Gasteiger partial charge < -0.3 is 9.55 Å². The van der Waals surface area contributed by atoms with Gasteiger partial charge in [0.2, 0.25) is 0 Å². The summed E-state index contributed by atoms with van der Waals surface area (Å²) in [5.41, 5.74) is 2.56. The van der Waals surface area contributed by atoms with Crippen LogP contribution < -0.4 is 0 Å². The fourth-order valence-electron chi connectivity index (χ4n) is 1.71. The largest absolute Gasteiger partial charge is 0.337 e. The third-order valence-electron chi connectivity index (χ3n) is 2.58. The topological polar surface area (TPSA) is 46.5 Å². The summed E-state index contributed by atoms with van der Waals surface area (Å²) in [6.07, 6.45) is 3.48. The molecule has 0 aliphatic heterocycles. The van der Waals surface area contributed by atoms with Gasteiger partial charge in [0.15, 0.2) is 5.82 Å².